The summed E-state index contributed by atoms with van der Waals surface area (Å²) in [6.45, 7) is 27.8. The molecule has 6 heteroatoms. The van der Waals surface area contributed by atoms with Crippen LogP contribution in [0, 0.1) is 35.5 Å². The Kier molecular flexibility index (Phi) is 37.9. The first-order valence-electron chi connectivity index (χ1n) is 25.6. The van der Waals surface area contributed by atoms with Crippen molar-refractivity contribution in [2.75, 3.05) is 53.5 Å². The highest BCUT2D eigenvalue weighted by Gasteiger charge is 2.12. The molecule has 4 unspecified atom stereocenters. The molecular weight excluding hydrogens is 741 g/mol. The molecule has 0 aliphatic rings. The lowest BCUT2D eigenvalue weighted by Crippen LogP contribution is -2.29. The summed E-state index contributed by atoms with van der Waals surface area (Å²) in [7, 11) is 4.23. The van der Waals surface area contributed by atoms with E-state index < -0.39 is 0 Å². The molecule has 0 aromatic carbocycles. The van der Waals surface area contributed by atoms with Crippen LogP contribution in [0.5, 0.6) is 0 Å². The Morgan fingerprint density at radius 2 is 0.733 bits per heavy atom. The monoisotopic (exact) mass is 845 g/mol. The maximum Gasteiger partial charge on any atom is 0.306 e. The van der Waals surface area contributed by atoms with Crippen molar-refractivity contribution in [3.8, 4) is 0 Å². The average molecular weight is 845 g/mol. The second-order valence-corrected chi connectivity index (χ2v) is 20.7. The number of carbonyl (C=O) groups excluding carboxylic acids is 2. The molecule has 0 aliphatic carbocycles. The summed E-state index contributed by atoms with van der Waals surface area (Å²) < 4.78 is 11.2. The molecule has 0 saturated heterocycles. The van der Waals surface area contributed by atoms with Crippen molar-refractivity contribution in [2.45, 2.75) is 223 Å². The number of esters is 2. The second-order valence-electron chi connectivity index (χ2n) is 20.7. The number of nitrogens with zero attached hydrogens (tertiary/aromatic N) is 2. The maximum absolute atomic E-state index is 12.6. The topological polar surface area (TPSA) is 59.1 Å². The van der Waals surface area contributed by atoms with Crippen LogP contribution in [-0.2, 0) is 19.1 Å². The standard InChI is InChI=1S/C54H104N2O4/c1-45(2)23-15-25-47(5)27-17-29-49(7)31-19-33-51(9)37-43-59-53(57)35-21-41-56(40-14-13-39-55(11)12)42-22-36-54(58)60-44-38-52(10)34-20-32-50(8)30-18-28-48(6)26-16-24-46(3)4/h37-38,45-50H,13-36,39-44H2,1-12H3/b51-37+,52-38+. The molecule has 0 amide bonds. The van der Waals surface area contributed by atoms with E-state index in [1.807, 2.05) is 0 Å². The van der Waals surface area contributed by atoms with E-state index in [9.17, 15) is 9.59 Å². The Hall–Kier alpha value is -1.66. The number of hydrogen-bond donors (Lipinski definition) is 0. The fourth-order valence-corrected chi connectivity index (χ4v) is 8.31. The molecule has 4 atom stereocenters. The second kappa shape index (κ2) is 39.0. The van der Waals surface area contributed by atoms with Gasteiger partial charge < -0.3 is 19.3 Å². The van der Waals surface area contributed by atoms with Crippen molar-refractivity contribution in [1.29, 1.82) is 0 Å². The molecule has 0 rings (SSSR count). The van der Waals surface area contributed by atoms with Gasteiger partial charge in [0, 0.05) is 12.8 Å². The highest BCUT2D eigenvalue weighted by molar-refractivity contribution is 5.69. The minimum atomic E-state index is -0.118. The molecule has 354 valence electrons. The molecule has 0 saturated carbocycles. The molecule has 0 aromatic rings. The number of unbranched alkanes of at least 4 members (excludes halogenated alkanes) is 1. The van der Waals surface area contributed by atoms with Crippen LogP contribution in [0.1, 0.15) is 223 Å². The first kappa shape index (κ1) is 58.3. The minimum absolute atomic E-state index is 0.118. The first-order valence-corrected chi connectivity index (χ1v) is 25.6. The van der Waals surface area contributed by atoms with Crippen LogP contribution >= 0.6 is 0 Å². The van der Waals surface area contributed by atoms with Gasteiger partial charge in [0.25, 0.3) is 0 Å². The van der Waals surface area contributed by atoms with E-state index in [1.165, 1.54) is 114 Å². The summed E-state index contributed by atoms with van der Waals surface area (Å²) in [6.07, 6.45) is 32.3. The fourth-order valence-electron chi connectivity index (χ4n) is 8.31. The lowest BCUT2D eigenvalue weighted by atomic mass is 9.91. The van der Waals surface area contributed by atoms with Gasteiger partial charge in [0.05, 0.1) is 0 Å². The van der Waals surface area contributed by atoms with Gasteiger partial charge in [-0.25, -0.2) is 0 Å². The van der Waals surface area contributed by atoms with Gasteiger partial charge in [0.15, 0.2) is 0 Å². The van der Waals surface area contributed by atoms with Crippen LogP contribution < -0.4 is 0 Å². The third-order valence-corrected chi connectivity index (χ3v) is 12.7. The molecule has 60 heavy (non-hydrogen) atoms. The van der Waals surface area contributed by atoms with Gasteiger partial charge in [-0.3, -0.25) is 9.59 Å². The van der Waals surface area contributed by atoms with Crippen LogP contribution in [0.15, 0.2) is 23.3 Å². The number of carbonyl (C=O) groups is 2. The predicted octanol–water partition coefficient (Wildman–Crippen LogP) is 15.0. The molecule has 0 fully saturated rings. The zero-order chi connectivity index (χ0) is 45.0. The van der Waals surface area contributed by atoms with Gasteiger partial charge in [0.1, 0.15) is 13.2 Å². The van der Waals surface area contributed by atoms with Crippen molar-refractivity contribution in [2.24, 2.45) is 35.5 Å². The molecular formula is C54H104N2O4. The molecule has 0 aliphatic heterocycles. The lowest BCUT2D eigenvalue weighted by molar-refractivity contribution is -0.143. The minimum Gasteiger partial charge on any atom is -0.461 e. The number of ether oxygens (including phenoxy) is 2. The SMILES string of the molecule is C/C(=C\COC(=O)CCCN(CCCCN(C)C)CCCC(=O)OC/C=C(\C)CCCC(C)CCCC(C)CCCC(C)C)CCCC(C)CCCC(C)CCCC(C)C. The Labute approximate surface area is 375 Å². The van der Waals surface area contributed by atoms with E-state index in [0.29, 0.717) is 26.1 Å². The van der Waals surface area contributed by atoms with Gasteiger partial charge in [-0.15, -0.1) is 0 Å². The van der Waals surface area contributed by atoms with Gasteiger partial charge >= 0.3 is 11.9 Å². The van der Waals surface area contributed by atoms with E-state index in [-0.39, 0.29) is 11.9 Å². The van der Waals surface area contributed by atoms with Gasteiger partial charge in [-0.2, -0.15) is 0 Å². The third-order valence-electron chi connectivity index (χ3n) is 12.7. The van der Waals surface area contributed by atoms with Gasteiger partial charge in [-0.05, 0) is 153 Å². The van der Waals surface area contributed by atoms with Crippen molar-refractivity contribution < 1.29 is 19.1 Å². The summed E-state index contributed by atoms with van der Waals surface area (Å²) >= 11 is 0. The molecule has 0 aromatic heterocycles. The number of hydrogen-bond acceptors (Lipinski definition) is 6. The largest absolute Gasteiger partial charge is 0.461 e. The van der Waals surface area contributed by atoms with Crippen LogP contribution in [0.25, 0.3) is 0 Å². The fraction of sp³-hybridized carbons (Fsp3) is 0.889. The van der Waals surface area contributed by atoms with E-state index in [4.69, 9.17) is 9.47 Å². The maximum atomic E-state index is 12.6. The van der Waals surface area contributed by atoms with E-state index in [1.54, 1.807) is 0 Å². The summed E-state index contributed by atoms with van der Waals surface area (Å²) in [5, 5.41) is 0. The highest BCUT2D eigenvalue weighted by atomic mass is 16.5. The zero-order valence-corrected chi connectivity index (χ0v) is 42.4. The summed E-state index contributed by atoms with van der Waals surface area (Å²) in [4.78, 5) is 29.8. The molecule has 6 nitrogen and oxygen atoms in total. The Balaban J connectivity index is 4.34. The summed E-state index contributed by atoms with van der Waals surface area (Å²) in [5.74, 6) is 4.70. The Morgan fingerprint density at radius 1 is 0.417 bits per heavy atom. The zero-order valence-electron chi connectivity index (χ0n) is 42.4. The van der Waals surface area contributed by atoms with Crippen molar-refractivity contribution >= 4 is 11.9 Å². The Bertz CT molecular complexity index is 1010. The summed E-state index contributed by atoms with van der Waals surface area (Å²) in [5.41, 5.74) is 2.64. The van der Waals surface area contributed by atoms with E-state index >= 15 is 0 Å². The quantitative estimate of drug-likeness (QED) is 0.0347. The van der Waals surface area contributed by atoms with Crippen molar-refractivity contribution in [1.82, 2.24) is 9.80 Å². The molecule has 0 N–H and O–H groups in total. The number of allylic oxidation sites excluding steroid dienone is 2. The smallest absolute Gasteiger partial charge is 0.306 e. The molecule has 0 radical (unpaired) electrons. The highest BCUT2D eigenvalue weighted by Crippen LogP contribution is 2.24. The lowest BCUT2D eigenvalue weighted by Gasteiger charge is -2.22. The van der Waals surface area contributed by atoms with Crippen LogP contribution in [-0.4, -0.2) is 75.2 Å². The molecule has 0 bridgehead atoms. The number of rotatable bonds is 41. The van der Waals surface area contributed by atoms with E-state index in [0.717, 1.165) is 100 Å². The molecule has 0 spiro atoms. The Morgan fingerprint density at radius 3 is 1.08 bits per heavy atom. The molecule has 0 heterocycles. The summed E-state index contributed by atoms with van der Waals surface area (Å²) in [6, 6.07) is 0. The van der Waals surface area contributed by atoms with Crippen LogP contribution in [0.4, 0.5) is 0 Å². The predicted molar refractivity (Wildman–Crippen MR) is 262 cm³/mol. The first-order chi connectivity index (χ1) is 28.6. The van der Waals surface area contributed by atoms with Gasteiger partial charge in [-0.1, -0.05) is 156 Å². The van der Waals surface area contributed by atoms with Crippen molar-refractivity contribution in [3.63, 3.8) is 0 Å². The van der Waals surface area contributed by atoms with Crippen LogP contribution in [0.2, 0.25) is 0 Å². The van der Waals surface area contributed by atoms with Crippen molar-refractivity contribution in [3.05, 3.63) is 23.3 Å². The average Bonchev–Trinajstić information content (AvgIpc) is 3.16. The van der Waals surface area contributed by atoms with Gasteiger partial charge in [0.2, 0.25) is 0 Å². The van der Waals surface area contributed by atoms with Crippen LogP contribution in [0.3, 0.4) is 0 Å². The third kappa shape index (κ3) is 40.4. The normalized spacial score (nSPS) is 14.7. The van der Waals surface area contributed by atoms with E-state index in [2.05, 4.69) is 105 Å².